The summed E-state index contributed by atoms with van der Waals surface area (Å²) in [6, 6.07) is 9.63. The molecule has 0 aromatic heterocycles. The molecule has 0 bridgehead atoms. The highest BCUT2D eigenvalue weighted by atomic mass is 16.5. The van der Waals surface area contributed by atoms with Crippen LogP contribution in [0.1, 0.15) is 38.3 Å². The predicted molar refractivity (Wildman–Crippen MR) is 88.6 cm³/mol. The molecule has 1 aliphatic rings. The molecule has 1 atom stereocenters. The van der Waals surface area contributed by atoms with Crippen molar-refractivity contribution in [1.82, 2.24) is 10.2 Å². The lowest BCUT2D eigenvalue weighted by Crippen LogP contribution is -2.37. The van der Waals surface area contributed by atoms with Gasteiger partial charge in [0.05, 0.1) is 6.61 Å². The Kier molecular flexibility index (Phi) is 5.80. The molecule has 1 saturated heterocycles. The van der Waals surface area contributed by atoms with E-state index in [1.807, 2.05) is 0 Å². The van der Waals surface area contributed by atoms with E-state index in [0.29, 0.717) is 6.04 Å². The van der Waals surface area contributed by atoms with Crippen molar-refractivity contribution in [2.24, 2.45) is 0 Å². The van der Waals surface area contributed by atoms with Gasteiger partial charge in [0.2, 0.25) is 0 Å². The first kappa shape index (κ1) is 16.5. The maximum Gasteiger partial charge on any atom is 0.0622 e. The minimum Gasteiger partial charge on any atom is -0.380 e. The van der Waals surface area contributed by atoms with E-state index >= 15 is 0 Å². The monoisotopic (exact) mass is 290 g/mol. The summed E-state index contributed by atoms with van der Waals surface area (Å²) in [6.07, 6.45) is 2.25. The summed E-state index contributed by atoms with van der Waals surface area (Å²) in [5, 5.41) is 3.53. The van der Waals surface area contributed by atoms with Crippen molar-refractivity contribution in [3.63, 3.8) is 0 Å². The van der Waals surface area contributed by atoms with Crippen molar-refractivity contribution >= 4 is 0 Å². The lowest BCUT2D eigenvalue weighted by Gasteiger charge is -2.23. The molecule has 0 radical (unpaired) electrons. The Morgan fingerprint density at radius 1 is 1.19 bits per heavy atom. The molecule has 21 heavy (non-hydrogen) atoms. The Bertz CT molecular complexity index is 416. The molecule has 0 amide bonds. The third-order valence-corrected chi connectivity index (χ3v) is 4.05. The van der Waals surface area contributed by atoms with Crippen LogP contribution < -0.4 is 5.32 Å². The third-order valence-electron chi connectivity index (χ3n) is 4.05. The number of hydrogen-bond acceptors (Lipinski definition) is 3. The molecule has 3 heteroatoms. The van der Waals surface area contributed by atoms with Gasteiger partial charge in [0.1, 0.15) is 0 Å². The van der Waals surface area contributed by atoms with Gasteiger partial charge in [0.15, 0.2) is 0 Å². The molecule has 3 nitrogen and oxygen atoms in total. The van der Waals surface area contributed by atoms with Crippen LogP contribution in [0.25, 0.3) is 0 Å². The molecule has 1 fully saturated rings. The fourth-order valence-corrected chi connectivity index (χ4v) is 2.68. The first-order chi connectivity index (χ1) is 9.94. The Hall–Kier alpha value is -0.900. The minimum atomic E-state index is 0.200. The van der Waals surface area contributed by atoms with Crippen molar-refractivity contribution in [3.05, 3.63) is 35.4 Å². The lowest BCUT2D eigenvalue weighted by atomic mass is 10.1. The molecule has 1 aliphatic heterocycles. The van der Waals surface area contributed by atoms with Crippen LogP contribution >= 0.6 is 0 Å². The van der Waals surface area contributed by atoms with Crippen LogP contribution in [0.4, 0.5) is 0 Å². The molecular weight excluding hydrogens is 260 g/mol. The van der Waals surface area contributed by atoms with Crippen molar-refractivity contribution in [1.29, 1.82) is 0 Å². The minimum absolute atomic E-state index is 0.200. The zero-order valence-corrected chi connectivity index (χ0v) is 14.0. The Morgan fingerprint density at radius 3 is 2.43 bits per heavy atom. The highest BCUT2D eigenvalue weighted by Crippen LogP contribution is 2.14. The summed E-state index contributed by atoms with van der Waals surface area (Å²) in [5.41, 5.74) is 2.99. The Balaban J connectivity index is 1.78. The molecule has 1 aromatic rings. The van der Waals surface area contributed by atoms with E-state index in [9.17, 15) is 0 Å². The smallest absolute Gasteiger partial charge is 0.0622 e. The second-order valence-corrected chi connectivity index (χ2v) is 7.18. The van der Waals surface area contributed by atoms with Crippen LogP contribution in [0, 0.1) is 0 Å². The Morgan fingerprint density at radius 2 is 1.86 bits per heavy atom. The Labute approximate surface area is 129 Å². The van der Waals surface area contributed by atoms with E-state index in [4.69, 9.17) is 4.74 Å². The molecule has 1 heterocycles. The number of benzene rings is 1. The van der Waals surface area contributed by atoms with Crippen molar-refractivity contribution in [2.75, 3.05) is 26.8 Å². The van der Waals surface area contributed by atoms with Gasteiger partial charge in [0, 0.05) is 24.7 Å². The zero-order valence-electron chi connectivity index (χ0n) is 14.0. The van der Waals surface area contributed by atoms with Crippen LogP contribution in [0.5, 0.6) is 0 Å². The molecule has 2 rings (SSSR count). The van der Waals surface area contributed by atoms with Gasteiger partial charge in [-0.1, -0.05) is 24.3 Å². The van der Waals surface area contributed by atoms with Gasteiger partial charge in [-0.05, 0) is 58.3 Å². The zero-order chi connectivity index (χ0) is 15.3. The summed E-state index contributed by atoms with van der Waals surface area (Å²) >= 11 is 0. The van der Waals surface area contributed by atoms with E-state index in [1.54, 1.807) is 0 Å². The second kappa shape index (κ2) is 7.39. The number of rotatable bonds is 6. The standard InChI is InChI=1S/C18H30N2O/c1-18(2,3)19-11-9-15-5-7-16(8-6-15)13-20(4)17-10-12-21-14-17/h5-8,17,19H,9-14H2,1-4H3. The maximum atomic E-state index is 5.46. The molecule has 1 unspecified atom stereocenters. The van der Waals surface area contributed by atoms with E-state index in [-0.39, 0.29) is 5.54 Å². The van der Waals surface area contributed by atoms with Gasteiger partial charge >= 0.3 is 0 Å². The van der Waals surface area contributed by atoms with Gasteiger partial charge in [-0.25, -0.2) is 0 Å². The van der Waals surface area contributed by atoms with Crippen LogP contribution in [-0.2, 0) is 17.7 Å². The molecule has 1 aromatic carbocycles. The summed E-state index contributed by atoms with van der Waals surface area (Å²) in [7, 11) is 2.19. The number of ether oxygens (including phenoxy) is 1. The van der Waals surface area contributed by atoms with Crippen LogP contribution in [0.15, 0.2) is 24.3 Å². The number of nitrogens with zero attached hydrogens (tertiary/aromatic N) is 1. The molecule has 0 spiro atoms. The van der Waals surface area contributed by atoms with E-state index in [1.165, 1.54) is 11.1 Å². The highest BCUT2D eigenvalue weighted by Gasteiger charge is 2.20. The molecule has 1 N–H and O–H groups in total. The van der Waals surface area contributed by atoms with Crippen LogP contribution in [-0.4, -0.2) is 43.3 Å². The first-order valence-electron chi connectivity index (χ1n) is 8.05. The predicted octanol–water partition coefficient (Wildman–Crippen LogP) is 2.84. The quantitative estimate of drug-likeness (QED) is 0.872. The molecular formula is C18H30N2O. The van der Waals surface area contributed by atoms with Gasteiger partial charge < -0.3 is 10.1 Å². The number of nitrogens with one attached hydrogen (secondary N) is 1. The van der Waals surface area contributed by atoms with Gasteiger partial charge in [0.25, 0.3) is 0 Å². The summed E-state index contributed by atoms with van der Waals surface area (Å²) in [6.45, 7) is 10.5. The number of likely N-dealkylation sites (N-methyl/N-ethyl adjacent to an activating group) is 1. The molecule has 118 valence electrons. The summed E-state index contributed by atoms with van der Waals surface area (Å²) < 4.78 is 5.46. The van der Waals surface area contributed by atoms with Crippen molar-refractivity contribution in [3.8, 4) is 0 Å². The summed E-state index contributed by atoms with van der Waals surface area (Å²) in [4.78, 5) is 2.41. The maximum absolute atomic E-state index is 5.46. The SMILES string of the molecule is CN(Cc1ccc(CCNC(C)(C)C)cc1)C1CCOC1. The first-order valence-corrected chi connectivity index (χ1v) is 8.05. The highest BCUT2D eigenvalue weighted by molar-refractivity contribution is 5.22. The van der Waals surface area contributed by atoms with E-state index < -0.39 is 0 Å². The normalized spacial score (nSPS) is 19.4. The molecule has 0 saturated carbocycles. The fraction of sp³-hybridized carbons (Fsp3) is 0.667. The number of hydrogen-bond donors (Lipinski definition) is 1. The lowest BCUT2D eigenvalue weighted by molar-refractivity contribution is 0.156. The second-order valence-electron chi connectivity index (χ2n) is 7.18. The van der Waals surface area contributed by atoms with E-state index in [0.717, 1.165) is 39.1 Å². The van der Waals surface area contributed by atoms with Gasteiger partial charge in [-0.2, -0.15) is 0 Å². The van der Waals surface area contributed by atoms with Gasteiger partial charge in [-0.3, -0.25) is 4.90 Å². The van der Waals surface area contributed by atoms with Crippen molar-refractivity contribution in [2.45, 2.75) is 51.7 Å². The summed E-state index contributed by atoms with van der Waals surface area (Å²) in [5.74, 6) is 0. The average molecular weight is 290 g/mol. The largest absolute Gasteiger partial charge is 0.380 e. The van der Waals surface area contributed by atoms with Crippen LogP contribution in [0.2, 0.25) is 0 Å². The van der Waals surface area contributed by atoms with Crippen LogP contribution in [0.3, 0.4) is 0 Å². The topological polar surface area (TPSA) is 24.5 Å². The van der Waals surface area contributed by atoms with Gasteiger partial charge in [-0.15, -0.1) is 0 Å². The average Bonchev–Trinajstić information content (AvgIpc) is 2.93. The third kappa shape index (κ3) is 5.77. The van der Waals surface area contributed by atoms with E-state index in [2.05, 4.69) is 62.3 Å². The molecule has 0 aliphatic carbocycles. The van der Waals surface area contributed by atoms with Crippen molar-refractivity contribution < 1.29 is 4.74 Å². The fourth-order valence-electron chi connectivity index (χ4n) is 2.68.